The number of carbonyl (C=O) groups is 5. The Balaban J connectivity index is 4.56. The standard InChI is InChI=1S/C14H24N4O10/c1-5(26-12(23)7(16)3-19)10(18)14(25)27-9(21)2-6(15)11(22)28-13(24)8(17)4-20/h5-8,10,19-20H,2-4,15-18H2,1H3/t5-,6+,7+,8+,10+/m1/s1. The van der Waals surface area contributed by atoms with Crippen LogP contribution in [-0.4, -0.2) is 83.5 Å². The molecule has 0 aromatic heterocycles. The number of hydrogen-bond acceptors (Lipinski definition) is 14. The first-order chi connectivity index (χ1) is 12.9. The maximum atomic E-state index is 11.8. The Hall–Kier alpha value is -2.49. The van der Waals surface area contributed by atoms with Gasteiger partial charge in [0.1, 0.15) is 30.3 Å². The predicted molar refractivity (Wildman–Crippen MR) is 88.4 cm³/mol. The monoisotopic (exact) mass is 408 g/mol. The van der Waals surface area contributed by atoms with E-state index in [0.717, 1.165) is 0 Å². The van der Waals surface area contributed by atoms with Crippen LogP contribution in [0.3, 0.4) is 0 Å². The Labute approximate surface area is 159 Å². The van der Waals surface area contributed by atoms with Crippen LogP contribution in [0.4, 0.5) is 0 Å². The topological polar surface area (TPSA) is 258 Å². The third-order valence-corrected chi connectivity index (χ3v) is 3.18. The average molecular weight is 408 g/mol. The van der Waals surface area contributed by atoms with E-state index in [1.165, 1.54) is 6.92 Å². The summed E-state index contributed by atoms with van der Waals surface area (Å²) in [6.07, 6.45) is -2.09. The zero-order valence-electron chi connectivity index (χ0n) is 15.0. The summed E-state index contributed by atoms with van der Waals surface area (Å²) in [4.78, 5) is 57.6. The predicted octanol–water partition coefficient (Wildman–Crippen LogP) is -5.26. The molecule has 0 saturated carbocycles. The second-order valence-electron chi connectivity index (χ2n) is 5.59. The summed E-state index contributed by atoms with van der Waals surface area (Å²) in [7, 11) is 0. The SMILES string of the molecule is C[C@@H](OC(=O)[C@@H](N)CO)[C@H](N)C(=O)OC(=O)C[C@H](N)C(=O)OC(=O)[C@@H](N)CO. The van der Waals surface area contributed by atoms with Crippen LogP contribution in [0.25, 0.3) is 0 Å². The zero-order valence-corrected chi connectivity index (χ0v) is 15.0. The highest BCUT2D eigenvalue weighted by molar-refractivity contribution is 5.94. The Kier molecular flexibility index (Phi) is 11.0. The van der Waals surface area contributed by atoms with Crippen molar-refractivity contribution in [3.8, 4) is 0 Å². The van der Waals surface area contributed by atoms with Gasteiger partial charge in [0.15, 0.2) is 0 Å². The van der Waals surface area contributed by atoms with Crippen molar-refractivity contribution < 1.29 is 48.4 Å². The van der Waals surface area contributed by atoms with E-state index in [4.69, 9.17) is 37.9 Å². The largest absolute Gasteiger partial charge is 0.459 e. The third-order valence-electron chi connectivity index (χ3n) is 3.18. The molecule has 0 aromatic carbocycles. The summed E-state index contributed by atoms with van der Waals surface area (Å²) in [5.74, 6) is -6.18. The van der Waals surface area contributed by atoms with Crippen LogP contribution in [-0.2, 0) is 38.2 Å². The molecule has 0 amide bonds. The number of nitrogens with two attached hydrogens (primary N) is 4. The molecule has 0 unspecified atom stereocenters. The molecule has 5 atom stereocenters. The molecule has 160 valence electrons. The number of carbonyl (C=O) groups excluding carboxylic acids is 5. The first kappa shape index (κ1) is 25.5. The van der Waals surface area contributed by atoms with Crippen LogP contribution < -0.4 is 22.9 Å². The molecule has 28 heavy (non-hydrogen) atoms. The van der Waals surface area contributed by atoms with Gasteiger partial charge in [-0.2, -0.15) is 0 Å². The lowest BCUT2D eigenvalue weighted by molar-refractivity contribution is -0.169. The van der Waals surface area contributed by atoms with Crippen LogP contribution in [0.5, 0.6) is 0 Å². The maximum Gasteiger partial charge on any atom is 0.334 e. The minimum absolute atomic E-state index is 0.691. The average Bonchev–Trinajstić information content (AvgIpc) is 2.64. The summed E-state index contributed by atoms with van der Waals surface area (Å²) in [5.41, 5.74) is 21.2. The zero-order chi connectivity index (χ0) is 22.0. The van der Waals surface area contributed by atoms with Crippen LogP contribution in [0, 0.1) is 0 Å². The third kappa shape index (κ3) is 8.47. The lowest BCUT2D eigenvalue weighted by Crippen LogP contribution is -2.47. The second-order valence-corrected chi connectivity index (χ2v) is 5.59. The Morgan fingerprint density at radius 1 is 0.750 bits per heavy atom. The smallest absolute Gasteiger partial charge is 0.334 e. The lowest BCUT2D eigenvalue weighted by Gasteiger charge is -2.20. The van der Waals surface area contributed by atoms with Crippen molar-refractivity contribution in [2.24, 2.45) is 22.9 Å². The van der Waals surface area contributed by atoms with E-state index in [-0.39, 0.29) is 0 Å². The molecule has 0 aliphatic heterocycles. The number of hydrogen-bond donors (Lipinski definition) is 6. The van der Waals surface area contributed by atoms with Crippen molar-refractivity contribution in [2.45, 2.75) is 43.6 Å². The maximum absolute atomic E-state index is 11.8. The highest BCUT2D eigenvalue weighted by Crippen LogP contribution is 2.04. The highest BCUT2D eigenvalue weighted by atomic mass is 16.6. The number of esters is 5. The Morgan fingerprint density at radius 3 is 1.71 bits per heavy atom. The molecule has 0 aliphatic carbocycles. The molecule has 10 N–H and O–H groups in total. The molecular formula is C14H24N4O10. The van der Waals surface area contributed by atoms with Crippen molar-refractivity contribution in [1.29, 1.82) is 0 Å². The normalized spacial score (nSPS) is 16.1. The van der Waals surface area contributed by atoms with Crippen LogP contribution in [0.15, 0.2) is 0 Å². The molecule has 0 aromatic rings. The van der Waals surface area contributed by atoms with Gasteiger partial charge < -0.3 is 47.4 Å². The van der Waals surface area contributed by atoms with Crippen molar-refractivity contribution >= 4 is 29.8 Å². The first-order valence-electron chi connectivity index (χ1n) is 7.89. The van der Waals surface area contributed by atoms with Gasteiger partial charge in [0.2, 0.25) is 0 Å². The minimum atomic E-state index is -1.66. The van der Waals surface area contributed by atoms with E-state index >= 15 is 0 Å². The van der Waals surface area contributed by atoms with Gasteiger partial charge in [-0.05, 0) is 6.92 Å². The van der Waals surface area contributed by atoms with Gasteiger partial charge in [0, 0.05) is 0 Å². The quantitative estimate of drug-likeness (QED) is 0.112. The lowest BCUT2D eigenvalue weighted by atomic mass is 10.2. The van der Waals surface area contributed by atoms with E-state index in [9.17, 15) is 24.0 Å². The van der Waals surface area contributed by atoms with E-state index in [1.54, 1.807) is 0 Å². The molecule has 0 radical (unpaired) electrons. The number of rotatable bonds is 10. The molecule has 0 rings (SSSR count). The fourth-order valence-corrected chi connectivity index (χ4v) is 1.42. The molecule has 14 heteroatoms. The molecule has 0 aliphatic rings. The van der Waals surface area contributed by atoms with Gasteiger partial charge in [-0.25, -0.2) is 14.4 Å². The molecule has 0 spiro atoms. The fourth-order valence-electron chi connectivity index (χ4n) is 1.42. The van der Waals surface area contributed by atoms with Gasteiger partial charge in [0.25, 0.3) is 0 Å². The van der Waals surface area contributed by atoms with E-state index in [1.807, 2.05) is 0 Å². The molecule has 0 saturated heterocycles. The van der Waals surface area contributed by atoms with Crippen molar-refractivity contribution in [3.63, 3.8) is 0 Å². The van der Waals surface area contributed by atoms with E-state index < -0.39 is 79.8 Å². The summed E-state index contributed by atoms with van der Waals surface area (Å²) in [6.45, 7) is -0.247. The summed E-state index contributed by atoms with van der Waals surface area (Å²) >= 11 is 0. The van der Waals surface area contributed by atoms with Crippen molar-refractivity contribution in [1.82, 2.24) is 0 Å². The summed E-state index contributed by atoms with van der Waals surface area (Å²) in [5, 5.41) is 17.4. The summed E-state index contributed by atoms with van der Waals surface area (Å²) < 4.78 is 13.4. The van der Waals surface area contributed by atoms with Gasteiger partial charge in [-0.15, -0.1) is 0 Å². The first-order valence-corrected chi connectivity index (χ1v) is 7.89. The second kappa shape index (κ2) is 12.1. The van der Waals surface area contributed by atoms with Gasteiger partial charge >= 0.3 is 29.8 Å². The van der Waals surface area contributed by atoms with Crippen LogP contribution in [0.1, 0.15) is 13.3 Å². The molecule has 14 nitrogen and oxygen atoms in total. The Bertz CT molecular complexity index is 599. The van der Waals surface area contributed by atoms with Gasteiger partial charge in [-0.3, -0.25) is 9.59 Å². The van der Waals surface area contributed by atoms with Gasteiger partial charge in [-0.1, -0.05) is 0 Å². The van der Waals surface area contributed by atoms with E-state index in [0.29, 0.717) is 0 Å². The van der Waals surface area contributed by atoms with Gasteiger partial charge in [0.05, 0.1) is 19.6 Å². The minimum Gasteiger partial charge on any atom is -0.459 e. The highest BCUT2D eigenvalue weighted by Gasteiger charge is 2.31. The van der Waals surface area contributed by atoms with Crippen molar-refractivity contribution in [3.05, 3.63) is 0 Å². The molecule has 0 heterocycles. The molecule has 0 fully saturated rings. The van der Waals surface area contributed by atoms with Crippen LogP contribution >= 0.6 is 0 Å². The molecular weight excluding hydrogens is 384 g/mol. The fraction of sp³-hybridized carbons (Fsp3) is 0.643. The van der Waals surface area contributed by atoms with Crippen molar-refractivity contribution in [2.75, 3.05) is 13.2 Å². The van der Waals surface area contributed by atoms with Crippen LogP contribution in [0.2, 0.25) is 0 Å². The number of aliphatic hydroxyl groups excluding tert-OH is 2. The Morgan fingerprint density at radius 2 is 1.21 bits per heavy atom. The van der Waals surface area contributed by atoms with E-state index in [2.05, 4.69) is 9.47 Å². The summed E-state index contributed by atoms with van der Waals surface area (Å²) in [6, 6.07) is -6.04. The number of ether oxygens (including phenoxy) is 3. The number of aliphatic hydroxyl groups is 2. The molecule has 0 bridgehead atoms.